The van der Waals surface area contributed by atoms with Crippen LogP contribution in [0.2, 0.25) is 0 Å². The van der Waals surface area contributed by atoms with Crippen molar-refractivity contribution in [2.45, 2.75) is 105 Å². The van der Waals surface area contributed by atoms with Crippen molar-refractivity contribution in [3.63, 3.8) is 0 Å². The van der Waals surface area contributed by atoms with Crippen LogP contribution in [0.1, 0.15) is 80.6 Å². The minimum Gasteiger partial charge on any atom is -0.478 e. The van der Waals surface area contributed by atoms with Gasteiger partial charge in [-0.05, 0) is 57.9 Å². The number of hydrogen-bond acceptors (Lipinski definition) is 4. The van der Waals surface area contributed by atoms with Gasteiger partial charge in [0.15, 0.2) is 0 Å². The number of nitrogens with one attached hydrogen (secondary N) is 1. The highest BCUT2D eigenvalue weighted by Crippen LogP contribution is 2.22. The van der Waals surface area contributed by atoms with Crippen molar-refractivity contribution < 1.29 is 19.5 Å². The number of likely N-dealkylation sites (tertiary alicyclic amines) is 1. The summed E-state index contributed by atoms with van der Waals surface area (Å²) in [6.07, 6.45) is 6.07. The number of carbonyl (C=O) groups excluding carboxylic acids is 2. The first-order chi connectivity index (χ1) is 14.9. The molecule has 0 aliphatic carbocycles. The fraction of sp³-hybridized carbons (Fsp3) is 0.800. The molecule has 0 aromatic rings. The van der Waals surface area contributed by atoms with Crippen LogP contribution in [-0.2, 0) is 14.4 Å². The zero-order chi connectivity index (χ0) is 24.6. The molecule has 1 aliphatic heterocycles. The topological polar surface area (TPSA) is 90.0 Å². The molecule has 0 aromatic heterocycles. The van der Waals surface area contributed by atoms with E-state index in [0.717, 1.165) is 32.2 Å². The highest BCUT2D eigenvalue weighted by molar-refractivity contribution is 5.90. The van der Waals surface area contributed by atoms with Crippen LogP contribution in [0.25, 0.3) is 0 Å². The van der Waals surface area contributed by atoms with E-state index in [1.807, 2.05) is 27.7 Å². The summed E-state index contributed by atoms with van der Waals surface area (Å²) in [6, 6.07) is -0.881. The number of rotatable bonds is 11. The van der Waals surface area contributed by atoms with E-state index in [2.05, 4.69) is 24.1 Å². The molecule has 2 amide bonds. The van der Waals surface area contributed by atoms with E-state index >= 15 is 0 Å². The Bertz CT molecular complexity index is 674. The van der Waals surface area contributed by atoms with Gasteiger partial charge in [0.05, 0.1) is 12.1 Å². The summed E-state index contributed by atoms with van der Waals surface area (Å²) in [4.78, 5) is 42.0. The van der Waals surface area contributed by atoms with Gasteiger partial charge in [-0.2, -0.15) is 0 Å². The molecule has 1 saturated heterocycles. The summed E-state index contributed by atoms with van der Waals surface area (Å²) < 4.78 is 0. The number of hydrogen-bond donors (Lipinski definition) is 2. The van der Waals surface area contributed by atoms with E-state index in [-0.39, 0.29) is 41.3 Å². The van der Waals surface area contributed by atoms with Crippen molar-refractivity contribution in [3.8, 4) is 0 Å². The molecular weight excluding hydrogens is 406 g/mol. The van der Waals surface area contributed by atoms with Crippen LogP contribution in [0.15, 0.2) is 11.6 Å². The van der Waals surface area contributed by atoms with Gasteiger partial charge in [-0.3, -0.25) is 14.5 Å². The largest absolute Gasteiger partial charge is 0.478 e. The molecule has 184 valence electrons. The molecule has 1 aliphatic rings. The lowest BCUT2D eigenvalue weighted by atomic mass is 9.95. The van der Waals surface area contributed by atoms with Crippen LogP contribution < -0.4 is 5.32 Å². The molecule has 1 rings (SSSR count). The normalized spacial score (nSPS) is 20.7. The second-order valence-corrected chi connectivity index (χ2v) is 10.0. The summed E-state index contributed by atoms with van der Waals surface area (Å²) in [6.45, 7) is 14.7. The molecule has 0 radical (unpaired) electrons. The van der Waals surface area contributed by atoms with Gasteiger partial charge in [0.2, 0.25) is 11.8 Å². The van der Waals surface area contributed by atoms with Crippen molar-refractivity contribution in [2.75, 3.05) is 13.6 Å². The van der Waals surface area contributed by atoms with Crippen LogP contribution in [0, 0.1) is 11.8 Å². The third-order valence-corrected chi connectivity index (χ3v) is 6.56. The van der Waals surface area contributed by atoms with E-state index < -0.39 is 12.0 Å². The fourth-order valence-corrected chi connectivity index (χ4v) is 4.43. The monoisotopic (exact) mass is 451 g/mol. The maximum atomic E-state index is 13.5. The second-order valence-electron chi connectivity index (χ2n) is 10.0. The van der Waals surface area contributed by atoms with Crippen molar-refractivity contribution in [3.05, 3.63) is 11.6 Å². The highest BCUT2D eigenvalue weighted by atomic mass is 16.4. The molecule has 7 heteroatoms. The van der Waals surface area contributed by atoms with Gasteiger partial charge in [-0.1, -0.05) is 47.1 Å². The van der Waals surface area contributed by atoms with Gasteiger partial charge >= 0.3 is 5.97 Å². The first-order valence-corrected chi connectivity index (χ1v) is 12.1. The van der Waals surface area contributed by atoms with E-state index in [9.17, 15) is 19.5 Å². The zero-order valence-corrected chi connectivity index (χ0v) is 21.4. The average Bonchev–Trinajstić information content (AvgIpc) is 2.74. The Morgan fingerprint density at radius 1 is 1.16 bits per heavy atom. The number of carboxylic acid groups (broad SMARTS) is 1. The lowest BCUT2D eigenvalue weighted by Crippen LogP contribution is -2.58. The summed E-state index contributed by atoms with van der Waals surface area (Å²) in [7, 11) is 1.70. The third kappa shape index (κ3) is 7.91. The number of aliphatic carboxylic acids is 1. The lowest BCUT2D eigenvalue weighted by molar-refractivity contribution is -0.139. The van der Waals surface area contributed by atoms with Crippen LogP contribution in [0.5, 0.6) is 0 Å². The number of amides is 2. The molecular formula is C25H45N3O4. The molecule has 0 aromatic carbocycles. The van der Waals surface area contributed by atoms with Gasteiger partial charge in [0, 0.05) is 18.7 Å². The smallest absolute Gasteiger partial charge is 0.331 e. The van der Waals surface area contributed by atoms with Crippen molar-refractivity contribution in [2.24, 2.45) is 11.8 Å². The van der Waals surface area contributed by atoms with Crippen molar-refractivity contribution >= 4 is 17.8 Å². The summed E-state index contributed by atoms with van der Waals surface area (Å²) in [5, 5.41) is 12.3. The number of carbonyl (C=O) groups is 3. The molecule has 1 unspecified atom stereocenters. The first kappa shape index (κ1) is 28.1. The molecule has 0 spiro atoms. The molecule has 4 atom stereocenters. The van der Waals surface area contributed by atoms with Crippen LogP contribution in [-0.4, -0.2) is 70.4 Å². The Labute approximate surface area is 194 Å². The van der Waals surface area contributed by atoms with Crippen molar-refractivity contribution in [1.82, 2.24) is 15.1 Å². The van der Waals surface area contributed by atoms with E-state index in [0.29, 0.717) is 12.5 Å². The number of carboxylic acids is 1. The molecule has 7 nitrogen and oxygen atoms in total. The Kier molecular flexibility index (Phi) is 11.4. The van der Waals surface area contributed by atoms with E-state index in [4.69, 9.17) is 0 Å². The molecule has 0 bridgehead atoms. The minimum atomic E-state index is -0.994. The van der Waals surface area contributed by atoms with Gasteiger partial charge in [-0.25, -0.2) is 4.79 Å². The van der Waals surface area contributed by atoms with Gasteiger partial charge in [-0.15, -0.1) is 0 Å². The maximum absolute atomic E-state index is 13.5. The summed E-state index contributed by atoms with van der Waals surface area (Å²) in [5.74, 6) is -0.982. The Balaban J connectivity index is 3.09. The average molecular weight is 452 g/mol. The standard InChI is InChI=1S/C25H45N3O4/c1-9-19(7)28-13-11-10-12-21(28)23(29)26-20(14-16(2)3)24(30)27(8)22(17(4)5)15-18(6)25(31)32/h15-17,19-22H,9-14H2,1-8H3,(H,26,29)(H,31,32)/b18-15+/t19?,20-,21+,22+/m0/s1. The Hall–Kier alpha value is -1.89. The molecule has 1 heterocycles. The van der Waals surface area contributed by atoms with Crippen LogP contribution in [0.3, 0.4) is 0 Å². The molecule has 0 saturated carbocycles. The Morgan fingerprint density at radius 2 is 1.78 bits per heavy atom. The van der Waals surface area contributed by atoms with Gasteiger partial charge in [0.25, 0.3) is 0 Å². The number of nitrogens with zero attached hydrogens (tertiary/aromatic N) is 2. The highest BCUT2D eigenvalue weighted by Gasteiger charge is 2.35. The second kappa shape index (κ2) is 13.0. The van der Waals surface area contributed by atoms with E-state index in [1.54, 1.807) is 18.0 Å². The van der Waals surface area contributed by atoms with Crippen LogP contribution >= 0.6 is 0 Å². The molecule has 1 fully saturated rings. The predicted molar refractivity (Wildman–Crippen MR) is 128 cm³/mol. The minimum absolute atomic E-state index is 0.0351. The number of piperidine rings is 1. The van der Waals surface area contributed by atoms with E-state index in [1.165, 1.54) is 6.92 Å². The SMILES string of the molecule is CCC(C)N1CCCC[C@@H]1C(=O)N[C@@H](CC(C)C)C(=O)N(C)[C@H](/C=C(\C)C(=O)O)C(C)C. The predicted octanol–water partition coefficient (Wildman–Crippen LogP) is 3.68. The van der Waals surface area contributed by atoms with Crippen molar-refractivity contribution in [1.29, 1.82) is 0 Å². The lowest BCUT2D eigenvalue weighted by Gasteiger charge is -2.39. The van der Waals surface area contributed by atoms with Crippen LogP contribution in [0.4, 0.5) is 0 Å². The Morgan fingerprint density at radius 3 is 2.28 bits per heavy atom. The molecule has 2 N–H and O–H groups in total. The quantitative estimate of drug-likeness (QED) is 0.468. The number of likely N-dealkylation sites (N-methyl/N-ethyl adjacent to an activating group) is 1. The zero-order valence-electron chi connectivity index (χ0n) is 21.4. The maximum Gasteiger partial charge on any atom is 0.331 e. The van der Waals surface area contributed by atoms with Gasteiger partial charge in [0.1, 0.15) is 6.04 Å². The first-order valence-electron chi connectivity index (χ1n) is 12.1. The molecule has 32 heavy (non-hydrogen) atoms. The summed E-state index contributed by atoms with van der Waals surface area (Å²) in [5.41, 5.74) is 0.208. The summed E-state index contributed by atoms with van der Waals surface area (Å²) >= 11 is 0. The third-order valence-electron chi connectivity index (χ3n) is 6.56. The van der Waals surface area contributed by atoms with Gasteiger partial charge < -0.3 is 15.3 Å². The fourth-order valence-electron chi connectivity index (χ4n) is 4.43.